The number of nitrogens with zero attached hydrogens (tertiary/aromatic N) is 1. The van der Waals surface area contributed by atoms with E-state index in [1.165, 1.54) is 0 Å². The lowest BCUT2D eigenvalue weighted by molar-refractivity contribution is -0.126. The highest BCUT2D eigenvalue weighted by Gasteiger charge is 2.53. The number of halogens is 1. The predicted molar refractivity (Wildman–Crippen MR) is 117 cm³/mol. The summed E-state index contributed by atoms with van der Waals surface area (Å²) in [4.78, 5) is 4.73. The number of nitrogens with one attached hydrogen (secondary N) is 1. The second kappa shape index (κ2) is 10.2. The first kappa shape index (κ1) is 22.8. The van der Waals surface area contributed by atoms with Crippen molar-refractivity contribution in [3.63, 3.8) is 0 Å². The summed E-state index contributed by atoms with van der Waals surface area (Å²) >= 11 is 0. The molecule has 0 bridgehead atoms. The molecule has 1 aromatic carbocycles. The Morgan fingerprint density at radius 1 is 1.19 bits per heavy atom. The zero-order valence-electron chi connectivity index (χ0n) is 16.4. The van der Waals surface area contributed by atoms with Gasteiger partial charge in [0.05, 0.1) is 26.4 Å². The van der Waals surface area contributed by atoms with Crippen LogP contribution in [0.1, 0.15) is 40.0 Å². The maximum Gasteiger partial charge on any atom is 0.193 e. The molecule has 0 aliphatic heterocycles. The number of nitrogens with two attached hydrogens (primary N) is 1. The Labute approximate surface area is 173 Å². The Morgan fingerprint density at radius 2 is 1.85 bits per heavy atom. The van der Waals surface area contributed by atoms with Gasteiger partial charge in [0.25, 0.3) is 0 Å². The molecule has 0 aromatic heterocycles. The SMILES string of the molecule is CCOC1CC(N=C(N)Nc2ccc(OC)c(OC)c2)C1(CC)CC.I. The van der Waals surface area contributed by atoms with Crippen molar-refractivity contribution in [3.05, 3.63) is 18.2 Å². The Kier molecular flexibility index (Phi) is 8.95. The molecule has 3 N–H and O–H groups in total. The van der Waals surface area contributed by atoms with E-state index < -0.39 is 0 Å². The van der Waals surface area contributed by atoms with Gasteiger partial charge >= 0.3 is 0 Å². The van der Waals surface area contributed by atoms with E-state index in [0.29, 0.717) is 17.5 Å². The number of benzene rings is 1. The molecular weight excluding hydrogens is 445 g/mol. The molecule has 148 valence electrons. The van der Waals surface area contributed by atoms with Crippen molar-refractivity contribution in [1.29, 1.82) is 0 Å². The zero-order chi connectivity index (χ0) is 18.4. The van der Waals surface area contributed by atoms with Gasteiger partial charge in [-0.15, -0.1) is 24.0 Å². The summed E-state index contributed by atoms with van der Waals surface area (Å²) in [6.45, 7) is 7.19. The monoisotopic (exact) mass is 477 g/mol. The van der Waals surface area contributed by atoms with E-state index in [4.69, 9.17) is 24.9 Å². The average molecular weight is 477 g/mol. The molecule has 1 fully saturated rings. The van der Waals surface area contributed by atoms with E-state index in [0.717, 1.165) is 31.6 Å². The van der Waals surface area contributed by atoms with Gasteiger partial charge in [-0.2, -0.15) is 0 Å². The third-order valence-corrected chi connectivity index (χ3v) is 5.38. The van der Waals surface area contributed by atoms with Crippen molar-refractivity contribution in [2.24, 2.45) is 16.1 Å². The van der Waals surface area contributed by atoms with E-state index in [-0.39, 0.29) is 41.5 Å². The summed E-state index contributed by atoms with van der Waals surface area (Å²) < 4.78 is 16.5. The van der Waals surface area contributed by atoms with Crippen LogP contribution in [0.4, 0.5) is 5.69 Å². The summed E-state index contributed by atoms with van der Waals surface area (Å²) in [5.41, 5.74) is 7.06. The Morgan fingerprint density at radius 3 is 2.38 bits per heavy atom. The predicted octanol–water partition coefficient (Wildman–Crippen LogP) is 4.03. The Balaban J connectivity index is 0.00000338. The van der Waals surface area contributed by atoms with Gasteiger partial charge in [-0.05, 0) is 38.3 Å². The molecule has 26 heavy (non-hydrogen) atoms. The molecule has 2 rings (SSSR count). The van der Waals surface area contributed by atoms with Crippen molar-refractivity contribution in [2.75, 3.05) is 26.1 Å². The van der Waals surface area contributed by atoms with Gasteiger partial charge in [0, 0.05) is 23.8 Å². The van der Waals surface area contributed by atoms with Crippen LogP contribution in [0.25, 0.3) is 0 Å². The van der Waals surface area contributed by atoms with Crippen LogP contribution in [0.15, 0.2) is 23.2 Å². The fraction of sp³-hybridized carbons (Fsp3) is 0.632. The molecule has 0 saturated heterocycles. The molecule has 0 spiro atoms. The third-order valence-electron chi connectivity index (χ3n) is 5.38. The van der Waals surface area contributed by atoms with Gasteiger partial charge in [-0.3, -0.25) is 0 Å². The summed E-state index contributed by atoms with van der Waals surface area (Å²) in [6.07, 6.45) is 3.26. The van der Waals surface area contributed by atoms with Gasteiger partial charge in [-0.25, -0.2) is 4.99 Å². The lowest BCUT2D eigenvalue weighted by atomic mass is 9.59. The van der Waals surface area contributed by atoms with Crippen molar-refractivity contribution in [3.8, 4) is 11.5 Å². The molecule has 0 radical (unpaired) electrons. The number of anilines is 1. The molecule has 0 heterocycles. The minimum Gasteiger partial charge on any atom is -0.493 e. The molecule has 6 nitrogen and oxygen atoms in total. The smallest absolute Gasteiger partial charge is 0.193 e. The third kappa shape index (κ3) is 4.54. The van der Waals surface area contributed by atoms with Crippen LogP contribution in [-0.2, 0) is 4.74 Å². The molecule has 2 unspecified atom stereocenters. The average Bonchev–Trinajstić information content (AvgIpc) is 2.61. The topological polar surface area (TPSA) is 78.1 Å². The Bertz CT molecular complexity index is 606. The van der Waals surface area contributed by atoms with Gasteiger partial charge in [0.15, 0.2) is 17.5 Å². The number of guanidine groups is 1. The first-order chi connectivity index (χ1) is 12.0. The van der Waals surface area contributed by atoms with Crippen molar-refractivity contribution in [2.45, 2.75) is 52.2 Å². The van der Waals surface area contributed by atoms with Crippen molar-refractivity contribution in [1.82, 2.24) is 0 Å². The number of hydrogen-bond donors (Lipinski definition) is 2. The number of aliphatic imine (C=N–C) groups is 1. The lowest BCUT2D eigenvalue weighted by Gasteiger charge is -2.53. The fourth-order valence-corrected chi connectivity index (χ4v) is 3.78. The minimum absolute atomic E-state index is 0. The van der Waals surface area contributed by atoms with Gasteiger partial charge in [-0.1, -0.05) is 13.8 Å². The molecule has 0 amide bonds. The quantitative estimate of drug-likeness (QED) is 0.336. The van der Waals surface area contributed by atoms with Gasteiger partial charge in [0.1, 0.15) is 0 Å². The largest absolute Gasteiger partial charge is 0.493 e. The highest BCUT2D eigenvalue weighted by atomic mass is 127. The van der Waals surface area contributed by atoms with Crippen LogP contribution in [0, 0.1) is 5.41 Å². The van der Waals surface area contributed by atoms with E-state index in [9.17, 15) is 0 Å². The van der Waals surface area contributed by atoms with E-state index in [1.807, 2.05) is 25.1 Å². The number of rotatable bonds is 8. The van der Waals surface area contributed by atoms with Crippen molar-refractivity contribution < 1.29 is 14.2 Å². The van der Waals surface area contributed by atoms with Crippen LogP contribution >= 0.6 is 24.0 Å². The second-order valence-corrected chi connectivity index (χ2v) is 6.34. The van der Waals surface area contributed by atoms with Crippen LogP contribution in [0.2, 0.25) is 0 Å². The summed E-state index contributed by atoms with van der Waals surface area (Å²) in [7, 11) is 3.22. The lowest BCUT2D eigenvalue weighted by Crippen LogP contribution is -2.57. The van der Waals surface area contributed by atoms with Gasteiger partial charge < -0.3 is 25.3 Å². The fourth-order valence-electron chi connectivity index (χ4n) is 3.78. The molecule has 1 aliphatic rings. The molecular formula is C19H32IN3O3. The number of ether oxygens (including phenoxy) is 3. The first-order valence-electron chi connectivity index (χ1n) is 8.98. The molecule has 1 saturated carbocycles. The maximum absolute atomic E-state index is 6.15. The van der Waals surface area contributed by atoms with E-state index in [1.54, 1.807) is 14.2 Å². The Hall–Kier alpha value is -1.22. The maximum atomic E-state index is 6.15. The molecule has 1 aliphatic carbocycles. The number of methoxy groups -OCH3 is 2. The normalized spacial score (nSPS) is 21.3. The standard InChI is InChI=1S/C19H31N3O3.HI/c1-6-19(7-2)16(12-17(19)25-8-3)22-18(20)21-13-9-10-14(23-4)15(11-13)24-5;/h9-11,16-17H,6-8,12H2,1-5H3,(H3,20,21,22);1H. The first-order valence-corrected chi connectivity index (χ1v) is 8.98. The van der Waals surface area contributed by atoms with Crippen LogP contribution < -0.4 is 20.5 Å². The molecule has 7 heteroatoms. The van der Waals surface area contributed by atoms with E-state index in [2.05, 4.69) is 19.2 Å². The second-order valence-electron chi connectivity index (χ2n) is 6.34. The van der Waals surface area contributed by atoms with E-state index >= 15 is 0 Å². The zero-order valence-corrected chi connectivity index (χ0v) is 18.7. The summed E-state index contributed by atoms with van der Waals surface area (Å²) in [6, 6.07) is 5.76. The van der Waals surface area contributed by atoms with Crippen molar-refractivity contribution >= 4 is 35.6 Å². The minimum atomic E-state index is 0. The number of hydrogen-bond acceptors (Lipinski definition) is 4. The summed E-state index contributed by atoms with van der Waals surface area (Å²) in [5.74, 6) is 1.74. The van der Waals surface area contributed by atoms with Crippen LogP contribution in [0.3, 0.4) is 0 Å². The molecule has 1 aromatic rings. The summed E-state index contributed by atoms with van der Waals surface area (Å²) in [5, 5.41) is 3.15. The highest BCUT2D eigenvalue weighted by Crippen LogP contribution is 2.50. The van der Waals surface area contributed by atoms with Crippen LogP contribution in [0.5, 0.6) is 11.5 Å². The van der Waals surface area contributed by atoms with Crippen LogP contribution in [-0.4, -0.2) is 38.9 Å². The molecule has 2 atom stereocenters. The highest BCUT2D eigenvalue weighted by molar-refractivity contribution is 14.0. The van der Waals surface area contributed by atoms with Gasteiger partial charge in [0.2, 0.25) is 0 Å².